The number of carbonyl (C=O) groups excluding carboxylic acids is 1. The molecule has 0 bridgehead atoms. The number of carbonyl (C=O) groups is 1. The van der Waals surface area contributed by atoms with Gasteiger partial charge in [-0.15, -0.1) is 0 Å². The number of H-pyrrole nitrogens is 1. The second-order valence-corrected chi connectivity index (χ2v) is 18.2. The van der Waals surface area contributed by atoms with Gasteiger partial charge < -0.3 is 24.7 Å². The lowest BCUT2D eigenvalue weighted by Crippen LogP contribution is -2.47. The van der Waals surface area contributed by atoms with Crippen LogP contribution in [0.3, 0.4) is 0 Å². The number of rotatable bonds is 10. The van der Waals surface area contributed by atoms with Crippen molar-refractivity contribution in [2.45, 2.75) is 44.0 Å². The summed E-state index contributed by atoms with van der Waals surface area (Å²) in [5, 5.41) is 15.7. The molecule has 1 aliphatic carbocycles. The molecule has 5 heterocycles. The highest BCUT2D eigenvalue weighted by Gasteiger charge is 2.30. The number of nitrogens with zero attached hydrogens (tertiary/aromatic N) is 5. The van der Waals surface area contributed by atoms with E-state index in [1.807, 2.05) is 60.8 Å². The van der Waals surface area contributed by atoms with Crippen LogP contribution in [-0.2, 0) is 0 Å². The van der Waals surface area contributed by atoms with Crippen LogP contribution in [0.5, 0.6) is 17.2 Å². The zero-order valence-corrected chi connectivity index (χ0v) is 36.1. The number of nitriles is 1. The Hall–Kier alpha value is -5.71. The molecule has 9 rings (SSSR count). The summed E-state index contributed by atoms with van der Waals surface area (Å²) < 4.78 is 15.5. The summed E-state index contributed by atoms with van der Waals surface area (Å²) in [6.07, 6.45) is 8.40. The standard InChI is InChI=1S/C47H44Cl2N8O3S/c1-47(2)13-11-31(39(23-47)29-3-5-33(48)6-4-29)27-56-15-17-57(18-16-56)35-8-9-38(42(21-35)60-36-19-30-12-14-51-45(30)53-26-36)46(58)55-61-37-20-32(24-50)44-43(22-37)59-28-41(54-44)40-10-7-34(49)25-52-40/h3-10,12,14,19-22,25-26,41,54H,11,13,15-18,23,27-28H2,1-2H3,(H,51,53)(H,55,58)/t41-/m1/s1. The third-order valence-corrected chi connectivity index (χ3v) is 12.9. The number of halogens is 2. The Morgan fingerprint density at radius 3 is 2.61 bits per heavy atom. The average molecular weight is 872 g/mol. The minimum atomic E-state index is -0.350. The van der Waals surface area contributed by atoms with Gasteiger partial charge in [0.05, 0.1) is 33.7 Å². The van der Waals surface area contributed by atoms with Gasteiger partial charge in [-0.25, -0.2) is 4.98 Å². The van der Waals surface area contributed by atoms with E-state index >= 15 is 0 Å². The van der Waals surface area contributed by atoms with Crippen LogP contribution >= 0.6 is 35.1 Å². The molecule has 14 heteroatoms. The van der Waals surface area contributed by atoms with Crippen molar-refractivity contribution in [3.8, 4) is 23.3 Å². The van der Waals surface area contributed by atoms with E-state index in [1.54, 1.807) is 24.5 Å². The summed E-state index contributed by atoms with van der Waals surface area (Å²) >= 11 is 13.4. The summed E-state index contributed by atoms with van der Waals surface area (Å²) in [5.74, 6) is 1.09. The van der Waals surface area contributed by atoms with Crippen LogP contribution in [0.25, 0.3) is 16.6 Å². The van der Waals surface area contributed by atoms with Gasteiger partial charge in [0.1, 0.15) is 41.6 Å². The fourth-order valence-electron chi connectivity index (χ4n) is 8.28. The van der Waals surface area contributed by atoms with Gasteiger partial charge in [-0.05, 0) is 108 Å². The highest BCUT2D eigenvalue weighted by molar-refractivity contribution is 7.98. The van der Waals surface area contributed by atoms with E-state index in [4.69, 9.17) is 32.7 Å². The number of anilines is 2. The van der Waals surface area contributed by atoms with Gasteiger partial charge in [0.25, 0.3) is 5.91 Å². The van der Waals surface area contributed by atoms with Crippen molar-refractivity contribution in [1.29, 1.82) is 5.26 Å². The number of ether oxygens (including phenoxy) is 2. The minimum Gasteiger partial charge on any atom is -0.489 e. The van der Waals surface area contributed by atoms with Crippen molar-refractivity contribution in [3.63, 3.8) is 0 Å². The third kappa shape index (κ3) is 9.16. The minimum absolute atomic E-state index is 0.255. The van der Waals surface area contributed by atoms with Crippen LogP contribution < -0.4 is 24.4 Å². The molecule has 61 heavy (non-hydrogen) atoms. The topological polar surface area (TPSA) is 131 Å². The molecule has 1 saturated heterocycles. The fourth-order valence-corrected chi connectivity index (χ4v) is 9.18. The Balaban J connectivity index is 0.911. The molecule has 0 spiro atoms. The zero-order valence-electron chi connectivity index (χ0n) is 33.8. The van der Waals surface area contributed by atoms with Crippen molar-refractivity contribution >= 4 is 69.0 Å². The predicted molar refractivity (Wildman–Crippen MR) is 243 cm³/mol. The van der Waals surface area contributed by atoms with Crippen molar-refractivity contribution < 1.29 is 14.3 Å². The number of amides is 1. The molecule has 2 aliphatic heterocycles. The summed E-state index contributed by atoms with van der Waals surface area (Å²) in [5.41, 5.74) is 8.31. The first-order chi connectivity index (χ1) is 29.6. The number of piperazine rings is 1. The maximum absolute atomic E-state index is 14.0. The number of fused-ring (bicyclic) bond motifs is 2. The van der Waals surface area contributed by atoms with Crippen LogP contribution in [0.15, 0.2) is 108 Å². The molecule has 3 N–H and O–H groups in total. The molecule has 3 aromatic carbocycles. The molecule has 3 aromatic heterocycles. The summed E-state index contributed by atoms with van der Waals surface area (Å²) in [7, 11) is 0. The summed E-state index contributed by atoms with van der Waals surface area (Å²) in [6, 6.07) is 27.0. The molecule has 11 nitrogen and oxygen atoms in total. The normalized spacial score (nSPS) is 17.6. The molecule has 1 atom stereocenters. The number of nitrogens with one attached hydrogen (secondary N) is 3. The first-order valence-electron chi connectivity index (χ1n) is 20.3. The molecule has 0 saturated carbocycles. The predicted octanol–water partition coefficient (Wildman–Crippen LogP) is 10.7. The first-order valence-corrected chi connectivity index (χ1v) is 21.9. The number of hydrogen-bond donors (Lipinski definition) is 3. The third-order valence-electron chi connectivity index (χ3n) is 11.6. The number of benzene rings is 3. The van der Waals surface area contributed by atoms with Crippen molar-refractivity contribution in [1.82, 2.24) is 24.6 Å². The SMILES string of the molecule is CC1(C)CCC(CN2CCN(c3ccc(C(=O)NSc4cc(C#N)c5c(c4)OC[C@H](c4ccc(Cl)cn4)N5)c(Oc4cnc5[nH]ccc5c4)c3)CC2)=C(c2ccc(Cl)cc2)C1. The quantitative estimate of drug-likeness (QED) is 0.114. The van der Waals surface area contributed by atoms with E-state index in [9.17, 15) is 10.1 Å². The molecule has 1 amide bonds. The number of aromatic amines is 1. The lowest BCUT2D eigenvalue weighted by atomic mass is 9.72. The Bertz CT molecular complexity index is 2670. The second kappa shape index (κ2) is 17.3. The van der Waals surface area contributed by atoms with Crippen LogP contribution in [-0.4, -0.2) is 65.1 Å². The van der Waals surface area contributed by atoms with Gasteiger partial charge in [-0.2, -0.15) is 5.26 Å². The number of aromatic nitrogens is 3. The lowest BCUT2D eigenvalue weighted by molar-refractivity contribution is 0.0982. The summed E-state index contributed by atoms with van der Waals surface area (Å²) in [4.78, 5) is 31.6. The van der Waals surface area contributed by atoms with Crippen molar-refractivity contribution in [2.75, 3.05) is 49.5 Å². The van der Waals surface area contributed by atoms with Gasteiger partial charge in [0, 0.05) is 72.2 Å². The Kier molecular flexibility index (Phi) is 11.6. The second-order valence-electron chi connectivity index (χ2n) is 16.5. The van der Waals surface area contributed by atoms with Crippen molar-refractivity contribution in [2.24, 2.45) is 5.41 Å². The highest BCUT2D eigenvalue weighted by atomic mass is 35.5. The molecule has 0 radical (unpaired) electrons. The average Bonchev–Trinajstić information content (AvgIpc) is 3.75. The Morgan fingerprint density at radius 1 is 1.00 bits per heavy atom. The maximum atomic E-state index is 14.0. The fraction of sp³-hybridized carbons (Fsp3) is 0.277. The van der Waals surface area contributed by atoms with Crippen molar-refractivity contribution in [3.05, 3.63) is 135 Å². The van der Waals surface area contributed by atoms with E-state index < -0.39 is 0 Å². The Labute approximate surface area is 369 Å². The molecule has 0 unspecified atom stereocenters. The highest BCUT2D eigenvalue weighted by Crippen LogP contribution is 2.44. The smallest absolute Gasteiger partial charge is 0.265 e. The maximum Gasteiger partial charge on any atom is 0.265 e. The molecule has 1 fully saturated rings. The van der Waals surface area contributed by atoms with E-state index in [1.165, 1.54) is 23.1 Å². The van der Waals surface area contributed by atoms with Gasteiger partial charge in [-0.1, -0.05) is 54.8 Å². The van der Waals surface area contributed by atoms with E-state index in [-0.39, 0.29) is 17.4 Å². The number of allylic oxidation sites excluding steroid dienone is 1. The van der Waals surface area contributed by atoms with Gasteiger partial charge in [-0.3, -0.25) is 19.4 Å². The monoisotopic (exact) mass is 870 g/mol. The molecule has 310 valence electrons. The van der Waals surface area contributed by atoms with E-state index in [0.717, 1.165) is 85.0 Å². The van der Waals surface area contributed by atoms with Crippen LogP contribution in [0.1, 0.15) is 66.3 Å². The van der Waals surface area contributed by atoms with Crippen LogP contribution in [0.4, 0.5) is 11.4 Å². The number of pyridine rings is 2. The van der Waals surface area contributed by atoms with E-state index in [2.05, 4.69) is 66.8 Å². The van der Waals surface area contributed by atoms with Crippen LogP contribution in [0, 0.1) is 16.7 Å². The molecule has 3 aliphatic rings. The van der Waals surface area contributed by atoms with Gasteiger partial charge in [0.15, 0.2) is 0 Å². The largest absolute Gasteiger partial charge is 0.489 e. The molecular formula is C47H44Cl2N8O3S. The Morgan fingerprint density at radius 2 is 1.82 bits per heavy atom. The molecule has 6 aromatic rings. The first kappa shape index (κ1) is 40.7. The zero-order chi connectivity index (χ0) is 42.1. The van der Waals surface area contributed by atoms with Gasteiger partial charge >= 0.3 is 0 Å². The van der Waals surface area contributed by atoms with Crippen LogP contribution in [0.2, 0.25) is 10.0 Å². The lowest BCUT2D eigenvalue weighted by Gasteiger charge is -2.39. The summed E-state index contributed by atoms with van der Waals surface area (Å²) in [6.45, 7) is 9.47. The molecular weight excluding hydrogens is 828 g/mol. The van der Waals surface area contributed by atoms with Gasteiger partial charge in [0.2, 0.25) is 0 Å². The number of hydrogen-bond acceptors (Lipinski definition) is 10. The van der Waals surface area contributed by atoms with E-state index in [0.29, 0.717) is 50.6 Å².